The van der Waals surface area contributed by atoms with Crippen molar-refractivity contribution in [3.8, 4) is 23.0 Å². The van der Waals surface area contributed by atoms with Gasteiger partial charge in [0.1, 0.15) is 0 Å². The number of anilines is 1. The first-order chi connectivity index (χ1) is 13.0. The lowest BCUT2D eigenvalue weighted by molar-refractivity contribution is -0.137. The summed E-state index contributed by atoms with van der Waals surface area (Å²) in [4.78, 5) is 13.7. The van der Waals surface area contributed by atoms with E-state index in [0.717, 1.165) is 0 Å². The highest BCUT2D eigenvalue weighted by Gasteiger charge is 2.48. The fourth-order valence-corrected chi connectivity index (χ4v) is 3.17. The molecule has 2 aromatic rings. The summed E-state index contributed by atoms with van der Waals surface area (Å²) in [7, 11) is 5.76. The summed E-state index contributed by atoms with van der Waals surface area (Å²) in [6, 6.07) is 6.74. The maximum Gasteiger partial charge on any atom is 0.259 e. The van der Waals surface area contributed by atoms with Crippen LogP contribution in [0.25, 0.3) is 0 Å². The molecule has 0 saturated carbocycles. The van der Waals surface area contributed by atoms with Gasteiger partial charge in [0.05, 0.1) is 40.2 Å². The number of hydrogen-bond acceptors (Lipinski definition) is 6. The van der Waals surface area contributed by atoms with Gasteiger partial charge in [0.25, 0.3) is 5.91 Å². The number of methoxy groups -OCH3 is 4. The summed E-state index contributed by atoms with van der Waals surface area (Å²) in [6.45, 7) is 0. The van der Waals surface area contributed by atoms with Crippen LogP contribution in [0.15, 0.2) is 30.3 Å². The first-order valence-corrected chi connectivity index (χ1v) is 8.11. The maximum atomic E-state index is 14.1. The number of hydrogen-bond donors (Lipinski definition) is 1. The Morgan fingerprint density at radius 3 is 2.00 bits per heavy atom. The smallest absolute Gasteiger partial charge is 0.259 e. The first kappa shape index (κ1) is 18.8. The lowest BCUT2D eigenvalue weighted by atomic mass is 9.89. The summed E-state index contributed by atoms with van der Waals surface area (Å²) in [6.07, 6.45) is -1.28. The molecule has 1 amide bonds. The van der Waals surface area contributed by atoms with Crippen LogP contribution in [-0.2, 0) is 4.79 Å². The molecule has 2 atom stereocenters. The molecule has 3 rings (SSSR count). The Morgan fingerprint density at radius 2 is 1.52 bits per heavy atom. The Balaban J connectivity index is 2.05. The van der Waals surface area contributed by atoms with Crippen LogP contribution in [0.4, 0.5) is 10.1 Å². The van der Waals surface area contributed by atoms with Gasteiger partial charge in [0.2, 0.25) is 5.75 Å². The monoisotopic (exact) mass is 377 g/mol. The van der Waals surface area contributed by atoms with Crippen LogP contribution in [0.3, 0.4) is 0 Å². The van der Waals surface area contributed by atoms with E-state index in [1.165, 1.54) is 45.5 Å². The van der Waals surface area contributed by atoms with E-state index in [0.29, 0.717) is 28.5 Å². The van der Waals surface area contributed by atoms with E-state index in [9.17, 15) is 14.3 Å². The predicted molar refractivity (Wildman–Crippen MR) is 95.3 cm³/mol. The van der Waals surface area contributed by atoms with Crippen molar-refractivity contribution < 1.29 is 33.2 Å². The molecule has 27 heavy (non-hydrogen) atoms. The normalized spacial score (nSPS) is 18.7. The number of aliphatic hydroxyl groups is 1. The van der Waals surface area contributed by atoms with Crippen molar-refractivity contribution in [3.05, 3.63) is 41.7 Å². The molecule has 7 nitrogen and oxygen atoms in total. The highest BCUT2D eigenvalue weighted by Crippen LogP contribution is 2.46. The minimum atomic E-state index is -1.28. The zero-order valence-corrected chi connectivity index (χ0v) is 15.4. The average molecular weight is 377 g/mol. The van der Waals surface area contributed by atoms with Gasteiger partial charge in [0, 0.05) is 12.1 Å². The number of aliphatic hydroxyl groups excluding tert-OH is 1. The second kappa shape index (κ2) is 7.32. The standard InChI is InChI=1S/C19H20FNO6/c1-24-13-6-5-10(7-12(13)20)16-17(22)19(23)21(16)11-8-14(25-2)18(27-4)15(9-11)26-3/h5-9,16-17,22H,1-4H3/t16-,17-/m1/s1. The van der Waals surface area contributed by atoms with Gasteiger partial charge in [-0.3, -0.25) is 9.69 Å². The Bertz CT molecular complexity index is 846. The fourth-order valence-electron chi connectivity index (χ4n) is 3.17. The molecular formula is C19H20FNO6. The fraction of sp³-hybridized carbons (Fsp3) is 0.316. The van der Waals surface area contributed by atoms with E-state index >= 15 is 0 Å². The number of rotatable bonds is 6. The second-order valence-corrected chi connectivity index (χ2v) is 5.88. The van der Waals surface area contributed by atoms with Crippen molar-refractivity contribution in [3.63, 3.8) is 0 Å². The Morgan fingerprint density at radius 1 is 0.926 bits per heavy atom. The van der Waals surface area contributed by atoms with Crippen molar-refractivity contribution in [2.24, 2.45) is 0 Å². The highest BCUT2D eigenvalue weighted by atomic mass is 19.1. The van der Waals surface area contributed by atoms with Gasteiger partial charge in [-0.25, -0.2) is 4.39 Å². The van der Waals surface area contributed by atoms with Gasteiger partial charge >= 0.3 is 0 Å². The molecule has 1 aliphatic heterocycles. The zero-order chi connectivity index (χ0) is 19.7. The maximum absolute atomic E-state index is 14.1. The first-order valence-electron chi connectivity index (χ1n) is 8.11. The van der Waals surface area contributed by atoms with Crippen molar-refractivity contribution in [2.75, 3.05) is 33.3 Å². The van der Waals surface area contributed by atoms with Crippen molar-refractivity contribution in [1.82, 2.24) is 0 Å². The topological polar surface area (TPSA) is 77.5 Å². The molecule has 1 heterocycles. The third-order valence-corrected chi connectivity index (χ3v) is 4.51. The van der Waals surface area contributed by atoms with Gasteiger partial charge in [-0.1, -0.05) is 6.07 Å². The van der Waals surface area contributed by atoms with Gasteiger partial charge in [-0.2, -0.15) is 0 Å². The van der Waals surface area contributed by atoms with Gasteiger partial charge in [-0.15, -0.1) is 0 Å². The number of ether oxygens (including phenoxy) is 4. The molecule has 1 aliphatic rings. The molecule has 144 valence electrons. The van der Waals surface area contributed by atoms with E-state index in [1.54, 1.807) is 18.2 Å². The number of β-lactam (4-membered cyclic amide) rings is 1. The van der Waals surface area contributed by atoms with Crippen molar-refractivity contribution >= 4 is 11.6 Å². The van der Waals surface area contributed by atoms with E-state index in [-0.39, 0.29) is 5.75 Å². The molecule has 0 bridgehead atoms. The van der Waals surface area contributed by atoms with Gasteiger partial charge < -0.3 is 24.1 Å². The summed E-state index contributed by atoms with van der Waals surface area (Å²) in [5.74, 6) is 0.0980. The largest absolute Gasteiger partial charge is 0.494 e. The third kappa shape index (κ3) is 3.02. The molecule has 0 unspecified atom stereocenters. The lowest BCUT2D eigenvalue weighted by Crippen LogP contribution is -2.59. The molecular weight excluding hydrogens is 357 g/mol. The van der Waals surface area contributed by atoms with E-state index < -0.39 is 23.9 Å². The van der Waals surface area contributed by atoms with E-state index in [4.69, 9.17) is 18.9 Å². The average Bonchev–Trinajstić information content (AvgIpc) is 2.69. The number of amides is 1. The van der Waals surface area contributed by atoms with Crippen molar-refractivity contribution in [2.45, 2.75) is 12.1 Å². The number of benzene rings is 2. The number of carbonyl (C=O) groups excluding carboxylic acids is 1. The highest BCUT2D eigenvalue weighted by molar-refractivity contribution is 6.05. The Hall–Kier alpha value is -3.00. The summed E-state index contributed by atoms with van der Waals surface area (Å²) < 4.78 is 34.9. The number of halogens is 1. The molecule has 8 heteroatoms. The zero-order valence-electron chi connectivity index (χ0n) is 15.4. The molecule has 0 radical (unpaired) electrons. The molecule has 0 aliphatic carbocycles. The lowest BCUT2D eigenvalue weighted by Gasteiger charge is -2.44. The molecule has 1 fully saturated rings. The Kier molecular flexibility index (Phi) is 5.09. The Labute approximate surface area is 155 Å². The van der Waals surface area contributed by atoms with Crippen LogP contribution in [0.1, 0.15) is 11.6 Å². The minimum absolute atomic E-state index is 0.0817. The molecule has 0 aromatic heterocycles. The SMILES string of the molecule is COc1ccc([C@@H]2[C@@H](O)C(=O)N2c2cc(OC)c(OC)c(OC)c2)cc1F. The molecule has 1 saturated heterocycles. The van der Waals surface area contributed by atoms with Crippen LogP contribution in [0.2, 0.25) is 0 Å². The van der Waals surface area contributed by atoms with E-state index in [2.05, 4.69) is 0 Å². The van der Waals surface area contributed by atoms with Crippen LogP contribution in [0.5, 0.6) is 23.0 Å². The van der Waals surface area contributed by atoms with Gasteiger partial charge in [0.15, 0.2) is 29.2 Å². The predicted octanol–water partition coefficient (Wildman–Crippen LogP) is 2.31. The summed E-state index contributed by atoms with van der Waals surface area (Å²) in [5, 5.41) is 10.2. The minimum Gasteiger partial charge on any atom is -0.494 e. The third-order valence-electron chi connectivity index (χ3n) is 4.51. The quantitative estimate of drug-likeness (QED) is 0.779. The van der Waals surface area contributed by atoms with Crippen LogP contribution in [-0.4, -0.2) is 45.6 Å². The van der Waals surface area contributed by atoms with Crippen LogP contribution < -0.4 is 23.8 Å². The number of carbonyl (C=O) groups is 1. The van der Waals surface area contributed by atoms with Crippen LogP contribution in [0, 0.1) is 5.82 Å². The van der Waals surface area contributed by atoms with E-state index in [1.807, 2.05) is 0 Å². The van der Waals surface area contributed by atoms with Crippen molar-refractivity contribution in [1.29, 1.82) is 0 Å². The molecule has 1 N–H and O–H groups in total. The molecule has 0 spiro atoms. The number of nitrogens with zero attached hydrogens (tertiary/aromatic N) is 1. The molecule has 2 aromatic carbocycles. The second-order valence-electron chi connectivity index (χ2n) is 5.88. The van der Waals surface area contributed by atoms with Gasteiger partial charge in [-0.05, 0) is 17.7 Å². The van der Waals surface area contributed by atoms with Crippen LogP contribution >= 0.6 is 0 Å². The summed E-state index contributed by atoms with van der Waals surface area (Å²) in [5.41, 5.74) is 0.871. The summed E-state index contributed by atoms with van der Waals surface area (Å²) >= 11 is 0.